The molecule has 0 saturated carbocycles. The highest BCUT2D eigenvalue weighted by molar-refractivity contribution is 5.95. The van der Waals surface area contributed by atoms with Crippen LogP contribution in [0.25, 0.3) is 0 Å². The molecule has 1 aromatic heterocycles. The van der Waals surface area contributed by atoms with Gasteiger partial charge in [0.2, 0.25) is 0 Å². The Morgan fingerprint density at radius 3 is 2.45 bits per heavy atom. The molecule has 162 valence electrons. The Bertz CT molecular complexity index is 1000. The van der Waals surface area contributed by atoms with Crippen molar-refractivity contribution in [2.45, 2.75) is 18.9 Å². The van der Waals surface area contributed by atoms with Gasteiger partial charge in [-0.15, -0.1) is 0 Å². The fourth-order valence-electron chi connectivity index (χ4n) is 3.42. The lowest BCUT2D eigenvalue weighted by Crippen LogP contribution is -2.42. The number of pyridine rings is 1. The van der Waals surface area contributed by atoms with Crippen molar-refractivity contribution in [2.24, 2.45) is 0 Å². The van der Waals surface area contributed by atoms with Gasteiger partial charge < -0.3 is 24.6 Å². The third-order valence-electron chi connectivity index (χ3n) is 5.36. The van der Waals surface area contributed by atoms with Crippen LogP contribution in [0.5, 0.6) is 17.2 Å². The molecule has 0 aliphatic carbocycles. The Balaban J connectivity index is 1.53. The Kier molecular flexibility index (Phi) is 5.75. The highest BCUT2D eigenvalue weighted by Gasteiger charge is 2.31. The van der Waals surface area contributed by atoms with E-state index in [4.69, 9.17) is 9.47 Å². The number of aromatic nitrogens is 1. The molecule has 0 spiro atoms. The van der Waals surface area contributed by atoms with Gasteiger partial charge in [-0.2, -0.15) is 0 Å². The molecular formula is C22H24N4O5. The molecule has 3 heterocycles. The van der Waals surface area contributed by atoms with Gasteiger partial charge in [-0.05, 0) is 30.7 Å². The quantitative estimate of drug-likeness (QED) is 0.757. The number of rotatable bonds is 6. The van der Waals surface area contributed by atoms with Crippen molar-refractivity contribution in [3.05, 3.63) is 47.8 Å². The minimum absolute atomic E-state index is 0.0960. The highest BCUT2D eigenvalue weighted by Crippen LogP contribution is 2.29. The monoisotopic (exact) mass is 424 g/mol. The summed E-state index contributed by atoms with van der Waals surface area (Å²) in [4.78, 5) is 44.1. The molecule has 1 N–H and O–H groups in total. The van der Waals surface area contributed by atoms with Crippen molar-refractivity contribution in [1.29, 1.82) is 0 Å². The Morgan fingerprint density at radius 1 is 1.10 bits per heavy atom. The predicted molar refractivity (Wildman–Crippen MR) is 111 cm³/mol. The summed E-state index contributed by atoms with van der Waals surface area (Å²) < 4.78 is 11.7. The van der Waals surface area contributed by atoms with Crippen molar-refractivity contribution in [2.75, 3.05) is 33.7 Å². The molecule has 31 heavy (non-hydrogen) atoms. The largest absolute Gasteiger partial charge is 0.480 e. The molecule has 2 saturated heterocycles. The van der Waals surface area contributed by atoms with E-state index >= 15 is 0 Å². The molecule has 2 aromatic rings. The van der Waals surface area contributed by atoms with Crippen molar-refractivity contribution in [3.63, 3.8) is 0 Å². The number of carbonyl (C=O) groups excluding carboxylic acids is 3. The first-order valence-corrected chi connectivity index (χ1v) is 10.2. The maximum atomic E-state index is 12.2. The van der Waals surface area contributed by atoms with Gasteiger partial charge in [0.25, 0.3) is 17.7 Å². The number of nitrogens with zero attached hydrogens (tertiary/aromatic N) is 3. The molecule has 9 heteroatoms. The van der Waals surface area contributed by atoms with Crippen LogP contribution in [0.2, 0.25) is 0 Å². The average Bonchev–Trinajstić information content (AvgIpc) is 3.04. The number of carbonyl (C=O) groups is 3. The third-order valence-corrected chi connectivity index (χ3v) is 5.36. The van der Waals surface area contributed by atoms with Gasteiger partial charge in [0.1, 0.15) is 22.9 Å². The van der Waals surface area contributed by atoms with E-state index in [1.807, 2.05) is 0 Å². The Hall–Kier alpha value is -3.62. The van der Waals surface area contributed by atoms with Gasteiger partial charge >= 0.3 is 0 Å². The summed E-state index contributed by atoms with van der Waals surface area (Å²) in [6.07, 6.45) is 2.47. The summed E-state index contributed by atoms with van der Waals surface area (Å²) in [6.45, 7) is 2.14. The molecule has 1 unspecified atom stereocenters. The number of ether oxygens (including phenoxy) is 2. The first-order chi connectivity index (χ1) is 14.9. The van der Waals surface area contributed by atoms with Crippen LogP contribution in [0.15, 0.2) is 36.5 Å². The van der Waals surface area contributed by atoms with Gasteiger partial charge in [-0.25, -0.2) is 4.98 Å². The second kappa shape index (κ2) is 8.63. The number of hydrogen-bond acceptors (Lipinski definition) is 6. The number of likely N-dealkylation sites (tertiary alicyclic amines) is 2. The van der Waals surface area contributed by atoms with Gasteiger partial charge in [0, 0.05) is 51.8 Å². The van der Waals surface area contributed by atoms with E-state index in [0.717, 1.165) is 19.5 Å². The summed E-state index contributed by atoms with van der Waals surface area (Å²) in [5.74, 6) is 0.636. The lowest BCUT2D eigenvalue weighted by Gasteiger charge is -2.30. The third kappa shape index (κ3) is 4.45. The van der Waals surface area contributed by atoms with Crippen LogP contribution in [-0.2, 0) is 4.79 Å². The highest BCUT2D eigenvalue weighted by atomic mass is 16.5. The summed E-state index contributed by atoms with van der Waals surface area (Å²) in [5.41, 5.74) is 0.699. The van der Waals surface area contributed by atoms with Crippen LogP contribution in [0.3, 0.4) is 0 Å². The molecule has 1 atom stereocenters. The zero-order chi connectivity index (χ0) is 22.0. The summed E-state index contributed by atoms with van der Waals surface area (Å²) in [7, 11) is 3.26. The molecule has 3 amide bonds. The Labute approximate surface area is 179 Å². The Morgan fingerprint density at radius 2 is 1.87 bits per heavy atom. The van der Waals surface area contributed by atoms with Crippen LogP contribution >= 0.6 is 0 Å². The van der Waals surface area contributed by atoms with Crippen LogP contribution < -0.4 is 14.8 Å². The van der Waals surface area contributed by atoms with Crippen molar-refractivity contribution >= 4 is 17.7 Å². The first kappa shape index (κ1) is 20.6. The van der Waals surface area contributed by atoms with Crippen LogP contribution in [0, 0.1) is 0 Å². The topological polar surface area (TPSA) is 101 Å². The summed E-state index contributed by atoms with van der Waals surface area (Å²) >= 11 is 0. The number of nitrogens with one attached hydrogen (secondary N) is 1. The standard InChI is InChI=1S/C22H24N4O5/c1-23-20(27)14-10-16(12-17(11-14)31-19-6-9-25(2)22(19)29)30-15-4-5-18(24-13-15)21(28)26-7-3-8-26/h4-5,10-13,19H,3,6-9H2,1-2H3,(H,23,27). The number of amides is 3. The van der Waals surface area contributed by atoms with Gasteiger partial charge in [-0.3, -0.25) is 14.4 Å². The molecular weight excluding hydrogens is 400 g/mol. The number of likely N-dealkylation sites (N-methyl/N-ethyl adjacent to an activating group) is 1. The fourth-order valence-corrected chi connectivity index (χ4v) is 3.42. The van der Waals surface area contributed by atoms with E-state index in [-0.39, 0.29) is 17.7 Å². The molecule has 1 aromatic carbocycles. The SMILES string of the molecule is CNC(=O)c1cc(Oc2ccc(C(=O)N3CCC3)nc2)cc(OC2CCN(C)C2=O)c1. The van der Waals surface area contributed by atoms with Gasteiger partial charge in [0.05, 0.1) is 6.20 Å². The average molecular weight is 424 g/mol. The minimum Gasteiger partial charge on any atom is -0.480 e. The molecule has 0 radical (unpaired) electrons. The zero-order valence-corrected chi connectivity index (χ0v) is 17.5. The second-order valence-electron chi connectivity index (χ2n) is 7.55. The van der Waals surface area contributed by atoms with Crippen molar-refractivity contribution in [3.8, 4) is 17.2 Å². The molecule has 9 nitrogen and oxygen atoms in total. The van der Waals surface area contributed by atoms with E-state index in [9.17, 15) is 14.4 Å². The summed E-state index contributed by atoms with van der Waals surface area (Å²) in [5, 5.41) is 2.57. The molecule has 2 aliphatic heterocycles. The molecule has 2 aliphatic rings. The number of hydrogen-bond donors (Lipinski definition) is 1. The van der Waals surface area contributed by atoms with E-state index in [2.05, 4.69) is 10.3 Å². The second-order valence-corrected chi connectivity index (χ2v) is 7.55. The van der Waals surface area contributed by atoms with Gasteiger partial charge in [0.15, 0.2) is 6.10 Å². The molecule has 0 bridgehead atoms. The lowest BCUT2D eigenvalue weighted by atomic mass is 10.2. The van der Waals surface area contributed by atoms with Crippen molar-refractivity contribution < 1.29 is 23.9 Å². The first-order valence-electron chi connectivity index (χ1n) is 10.2. The fraction of sp³-hybridized carbons (Fsp3) is 0.364. The number of benzene rings is 1. The van der Waals surface area contributed by atoms with Crippen molar-refractivity contribution in [1.82, 2.24) is 20.1 Å². The maximum absolute atomic E-state index is 12.2. The van der Waals surface area contributed by atoms with Crippen LogP contribution in [0.4, 0.5) is 0 Å². The van der Waals surface area contributed by atoms with E-state index in [1.165, 1.54) is 13.2 Å². The maximum Gasteiger partial charge on any atom is 0.272 e. The molecule has 2 fully saturated rings. The smallest absolute Gasteiger partial charge is 0.272 e. The minimum atomic E-state index is -0.591. The van der Waals surface area contributed by atoms with Crippen LogP contribution in [-0.4, -0.2) is 72.3 Å². The molecule has 4 rings (SSSR count). The predicted octanol–water partition coefficient (Wildman–Crippen LogP) is 1.69. The zero-order valence-electron chi connectivity index (χ0n) is 17.5. The normalized spacial score (nSPS) is 17.9. The van der Waals surface area contributed by atoms with Crippen LogP contribution in [0.1, 0.15) is 33.7 Å². The van der Waals surface area contributed by atoms with Gasteiger partial charge in [-0.1, -0.05) is 0 Å². The van der Waals surface area contributed by atoms with E-state index in [0.29, 0.717) is 41.5 Å². The summed E-state index contributed by atoms with van der Waals surface area (Å²) in [6, 6.07) is 8.04. The van der Waals surface area contributed by atoms with E-state index < -0.39 is 6.10 Å². The van der Waals surface area contributed by atoms with E-state index in [1.54, 1.807) is 47.2 Å². The lowest BCUT2D eigenvalue weighted by molar-refractivity contribution is -0.132.